The van der Waals surface area contributed by atoms with Gasteiger partial charge in [-0.2, -0.15) is 0 Å². The van der Waals surface area contributed by atoms with Crippen molar-refractivity contribution in [1.29, 1.82) is 0 Å². The van der Waals surface area contributed by atoms with E-state index in [-0.39, 0.29) is 41.4 Å². The highest BCUT2D eigenvalue weighted by atomic mass is 16.5. The monoisotopic (exact) mass is 366 g/mol. The van der Waals surface area contributed by atoms with Crippen molar-refractivity contribution in [2.24, 2.45) is 35.5 Å². The topological polar surface area (TPSA) is 75.7 Å². The fraction of sp³-hybridized carbons (Fsp3) is 0.476. The molecule has 6 nitrogen and oxygen atoms in total. The SMILES string of the molecule is COc1ccc(NC(=O)[C@H](C)N2C(=O)[C@@H]3[C@H]4C=C[C@@H]([C@@H]5C[C@@H]45)[C@H]3C2=O)cc1. The third-order valence-corrected chi connectivity index (χ3v) is 6.82. The zero-order valence-corrected chi connectivity index (χ0v) is 15.3. The summed E-state index contributed by atoms with van der Waals surface area (Å²) in [7, 11) is 1.58. The number of hydrogen-bond donors (Lipinski definition) is 1. The van der Waals surface area contributed by atoms with E-state index in [1.807, 2.05) is 0 Å². The minimum absolute atomic E-state index is 0.170. The molecule has 1 heterocycles. The van der Waals surface area contributed by atoms with Crippen LogP contribution in [0.1, 0.15) is 13.3 Å². The predicted octanol–water partition coefficient (Wildman–Crippen LogP) is 2.08. The Kier molecular flexibility index (Phi) is 3.48. The largest absolute Gasteiger partial charge is 0.497 e. The van der Waals surface area contributed by atoms with E-state index in [0.29, 0.717) is 23.3 Å². The van der Waals surface area contributed by atoms with Gasteiger partial charge in [-0.3, -0.25) is 19.3 Å². The van der Waals surface area contributed by atoms with Gasteiger partial charge < -0.3 is 10.1 Å². The Balaban J connectivity index is 1.34. The maximum Gasteiger partial charge on any atom is 0.247 e. The van der Waals surface area contributed by atoms with Crippen LogP contribution in [0, 0.1) is 35.5 Å². The Hall–Kier alpha value is -2.63. The molecule has 6 rings (SSSR count). The first-order chi connectivity index (χ1) is 13.0. The van der Waals surface area contributed by atoms with Crippen molar-refractivity contribution >= 4 is 23.4 Å². The van der Waals surface area contributed by atoms with E-state index >= 15 is 0 Å². The number of anilines is 1. The summed E-state index contributed by atoms with van der Waals surface area (Å²) in [6, 6.07) is 6.13. The summed E-state index contributed by atoms with van der Waals surface area (Å²) in [5, 5.41) is 2.79. The molecule has 3 amide bonds. The highest BCUT2D eigenvalue weighted by molar-refractivity contribution is 6.10. The normalized spacial score (nSPS) is 36.3. The number of hydrogen-bond acceptors (Lipinski definition) is 4. The molecule has 6 heteroatoms. The van der Waals surface area contributed by atoms with Gasteiger partial charge in [0, 0.05) is 5.69 Å². The van der Waals surface area contributed by atoms with Gasteiger partial charge in [0.2, 0.25) is 17.7 Å². The highest BCUT2D eigenvalue weighted by Gasteiger charge is 2.67. The van der Waals surface area contributed by atoms with Gasteiger partial charge >= 0.3 is 0 Å². The Bertz CT molecular complexity index is 825. The van der Waals surface area contributed by atoms with Gasteiger partial charge in [-0.05, 0) is 61.3 Å². The Labute approximate surface area is 157 Å². The molecule has 4 aliphatic carbocycles. The second-order valence-electron chi connectivity index (χ2n) is 8.09. The summed E-state index contributed by atoms with van der Waals surface area (Å²) in [6.45, 7) is 1.63. The number of rotatable bonds is 4. The van der Waals surface area contributed by atoms with Crippen LogP contribution >= 0.6 is 0 Å². The van der Waals surface area contributed by atoms with E-state index in [9.17, 15) is 14.4 Å². The molecule has 7 atom stereocenters. The minimum Gasteiger partial charge on any atom is -0.497 e. The molecule has 2 saturated carbocycles. The number of nitrogens with zero attached hydrogens (tertiary/aromatic N) is 1. The Morgan fingerprint density at radius 2 is 1.63 bits per heavy atom. The molecule has 1 aliphatic heterocycles. The second kappa shape index (κ2) is 5.68. The van der Waals surface area contributed by atoms with E-state index in [1.165, 1.54) is 4.90 Å². The van der Waals surface area contributed by atoms with Crippen LogP contribution < -0.4 is 10.1 Å². The average Bonchev–Trinajstić information content (AvgIpc) is 3.46. The summed E-state index contributed by atoms with van der Waals surface area (Å²) >= 11 is 0. The highest BCUT2D eigenvalue weighted by Crippen LogP contribution is 2.65. The Morgan fingerprint density at radius 3 is 2.15 bits per heavy atom. The summed E-state index contributed by atoms with van der Waals surface area (Å²) < 4.78 is 5.11. The van der Waals surface area contributed by atoms with Gasteiger partial charge in [0.1, 0.15) is 11.8 Å². The molecule has 5 aliphatic rings. The van der Waals surface area contributed by atoms with E-state index in [0.717, 1.165) is 6.42 Å². The molecule has 0 spiro atoms. The van der Waals surface area contributed by atoms with Crippen LogP contribution in [0.2, 0.25) is 0 Å². The number of nitrogens with one attached hydrogen (secondary N) is 1. The number of amides is 3. The van der Waals surface area contributed by atoms with Crippen LogP contribution in [0.4, 0.5) is 5.69 Å². The van der Waals surface area contributed by atoms with Crippen LogP contribution in [0.3, 0.4) is 0 Å². The molecule has 2 bridgehead atoms. The van der Waals surface area contributed by atoms with Crippen molar-refractivity contribution in [3.8, 4) is 5.75 Å². The van der Waals surface area contributed by atoms with Gasteiger partial charge in [0.25, 0.3) is 0 Å². The molecule has 3 fully saturated rings. The molecule has 1 aromatic rings. The van der Waals surface area contributed by atoms with Crippen molar-refractivity contribution in [1.82, 2.24) is 4.90 Å². The standard InChI is InChI=1S/C21H22N2O4/c1-10(19(24)22-11-3-5-12(27-2)6-4-11)23-20(25)17-13-7-8-14(16-9-15(13)16)18(17)21(23)26/h3-8,10,13-18H,9H2,1-2H3,(H,22,24)/t10-,13-,14-,15-,16-,17+,18+/m0/s1. The summed E-state index contributed by atoms with van der Waals surface area (Å²) in [5.41, 5.74) is 0.604. The average molecular weight is 366 g/mol. The van der Waals surface area contributed by atoms with Crippen LogP contribution in [0.25, 0.3) is 0 Å². The molecule has 27 heavy (non-hydrogen) atoms. The van der Waals surface area contributed by atoms with E-state index in [2.05, 4.69) is 17.5 Å². The van der Waals surface area contributed by atoms with Gasteiger partial charge in [0.15, 0.2) is 0 Å². The number of likely N-dealkylation sites (tertiary alicyclic amines) is 1. The summed E-state index contributed by atoms with van der Waals surface area (Å²) in [4.78, 5) is 40.0. The summed E-state index contributed by atoms with van der Waals surface area (Å²) in [5.74, 6) is 0.899. The first-order valence-electron chi connectivity index (χ1n) is 9.51. The number of carbonyl (C=O) groups excluding carboxylic acids is 3. The lowest BCUT2D eigenvalue weighted by Gasteiger charge is -2.37. The van der Waals surface area contributed by atoms with Crippen molar-refractivity contribution in [2.45, 2.75) is 19.4 Å². The van der Waals surface area contributed by atoms with E-state index in [1.54, 1.807) is 38.3 Å². The minimum atomic E-state index is -0.826. The first-order valence-corrected chi connectivity index (χ1v) is 9.51. The van der Waals surface area contributed by atoms with Crippen molar-refractivity contribution in [3.05, 3.63) is 36.4 Å². The van der Waals surface area contributed by atoms with Crippen molar-refractivity contribution in [2.75, 3.05) is 12.4 Å². The molecule has 0 radical (unpaired) electrons. The predicted molar refractivity (Wildman–Crippen MR) is 97.6 cm³/mol. The van der Waals surface area contributed by atoms with Gasteiger partial charge in [-0.1, -0.05) is 12.2 Å². The van der Waals surface area contributed by atoms with Gasteiger partial charge in [-0.25, -0.2) is 0 Å². The van der Waals surface area contributed by atoms with Crippen LogP contribution in [-0.2, 0) is 14.4 Å². The fourth-order valence-electron chi connectivity index (χ4n) is 5.40. The fourth-order valence-corrected chi connectivity index (χ4v) is 5.40. The molecule has 1 aromatic carbocycles. The lowest BCUT2D eigenvalue weighted by Crippen LogP contribution is -2.46. The Morgan fingerprint density at radius 1 is 1.07 bits per heavy atom. The van der Waals surface area contributed by atoms with Crippen molar-refractivity contribution < 1.29 is 19.1 Å². The number of ether oxygens (including phenoxy) is 1. The number of carbonyl (C=O) groups is 3. The van der Waals surface area contributed by atoms with E-state index in [4.69, 9.17) is 4.74 Å². The van der Waals surface area contributed by atoms with E-state index < -0.39 is 6.04 Å². The van der Waals surface area contributed by atoms with Crippen LogP contribution in [-0.4, -0.2) is 35.8 Å². The summed E-state index contributed by atoms with van der Waals surface area (Å²) in [6.07, 6.45) is 5.40. The third-order valence-electron chi connectivity index (χ3n) is 6.82. The smallest absolute Gasteiger partial charge is 0.247 e. The molecule has 1 N–H and O–H groups in total. The lowest BCUT2D eigenvalue weighted by molar-refractivity contribution is -0.146. The maximum atomic E-state index is 13.1. The first kappa shape index (κ1) is 16.5. The van der Waals surface area contributed by atoms with Gasteiger partial charge in [0.05, 0.1) is 18.9 Å². The van der Waals surface area contributed by atoms with Gasteiger partial charge in [-0.15, -0.1) is 0 Å². The zero-order chi connectivity index (χ0) is 18.9. The molecular formula is C21H22N2O4. The number of allylic oxidation sites excluding steroid dienone is 2. The molecular weight excluding hydrogens is 344 g/mol. The lowest BCUT2D eigenvalue weighted by atomic mass is 9.63. The second-order valence-corrected chi connectivity index (χ2v) is 8.09. The molecule has 1 saturated heterocycles. The van der Waals surface area contributed by atoms with Crippen molar-refractivity contribution in [3.63, 3.8) is 0 Å². The third kappa shape index (κ3) is 2.28. The number of methoxy groups -OCH3 is 1. The molecule has 140 valence electrons. The quantitative estimate of drug-likeness (QED) is 0.654. The molecule has 0 aromatic heterocycles. The zero-order valence-electron chi connectivity index (χ0n) is 15.3. The van der Waals surface area contributed by atoms with Crippen LogP contribution in [0.5, 0.6) is 5.75 Å². The molecule has 0 unspecified atom stereocenters. The maximum absolute atomic E-state index is 13.1. The van der Waals surface area contributed by atoms with Crippen LogP contribution in [0.15, 0.2) is 36.4 Å². The number of imide groups is 1. The number of benzene rings is 1.